The van der Waals surface area contributed by atoms with E-state index in [1.54, 1.807) is 0 Å². The number of nitrogens with zero attached hydrogens (tertiary/aromatic N) is 1. The number of carbonyl (C=O) groups is 1. The van der Waals surface area contributed by atoms with Gasteiger partial charge in [0.15, 0.2) is 6.23 Å². The fraction of sp³-hybridized carbons (Fsp3) is 0.538. The molecule has 0 amide bonds. The number of aromatic nitrogens is 3. The Labute approximate surface area is 120 Å². The minimum Gasteiger partial charge on any atom is -0.438 e. The van der Waals surface area contributed by atoms with Crippen molar-refractivity contribution in [2.75, 3.05) is 0 Å². The van der Waals surface area contributed by atoms with E-state index in [9.17, 15) is 19.2 Å². The smallest absolute Gasteiger partial charge is 0.336 e. The van der Waals surface area contributed by atoms with Crippen molar-refractivity contribution in [2.24, 2.45) is 0 Å². The maximum absolute atomic E-state index is 11.8. The van der Waals surface area contributed by atoms with E-state index in [0.29, 0.717) is 17.4 Å². The summed E-state index contributed by atoms with van der Waals surface area (Å²) in [5.41, 5.74) is -2.58. The summed E-state index contributed by atoms with van der Waals surface area (Å²) in [5, 5.41) is 0. The Morgan fingerprint density at radius 3 is 2.29 bits per heavy atom. The summed E-state index contributed by atoms with van der Waals surface area (Å²) >= 11 is 0. The van der Waals surface area contributed by atoms with Crippen LogP contribution in [0.5, 0.6) is 0 Å². The molecule has 1 heterocycles. The number of nitrogens with one attached hydrogen (secondary N) is 2. The second-order valence-corrected chi connectivity index (χ2v) is 4.70. The van der Waals surface area contributed by atoms with E-state index in [1.807, 2.05) is 16.9 Å². The Morgan fingerprint density at radius 1 is 1.24 bits per heavy atom. The molecule has 0 aromatic carbocycles. The molecule has 0 saturated carbocycles. The second-order valence-electron chi connectivity index (χ2n) is 4.70. The van der Waals surface area contributed by atoms with Crippen LogP contribution < -0.4 is 17.1 Å². The lowest BCUT2D eigenvalue weighted by Gasteiger charge is -2.18. The van der Waals surface area contributed by atoms with Gasteiger partial charge < -0.3 is 4.74 Å². The second kappa shape index (κ2) is 7.41. The first-order valence-corrected chi connectivity index (χ1v) is 6.68. The average molecular weight is 297 g/mol. The van der Waals surface area contributed by atoms with Gasteiger partial charge >= 0.3 is 23.0 Å². The van der Waals surface area contributed by atoms with Crippen LogP contribution in [-0.2, 0) is 9.53 Å². The van der Waals surface area contributed by atoms with Gasteiger partial charge in [0.05, 0.1) is 0 Å². The van der Waals surface area contributed by atoms with Crippen molar-refractivity contribution >= 4 is 5.97 Å². The molecule has 0 aliphatic rings. The average Bonchev–Trinajstić information content (AvgIpc) is 2.37. The molecule has 0 aliphatic heterocycles. The first-order valence-electron chi connectivity index (χ1n) is 6.68. The maximum Gasteiger partial charge on any atom is 0.336 e. The maximum atomic E-state index is 11.8. The van der Waals surface area contributed by atoms with Crippen LogP contribution in [0.25, 0.3) is 0 Å². The normalized spacial score (nSPS) is 11.9. The predicted octanol–water partition coefficient (Wildman–Crippen LogP) is 0.423. The molecule has 0 spiro atoms. The highest BCUT2D eigenvalue weighted by atomic mass is 16.6. The van der Waals surface area contributed by atoms with Gasteiger partial charge in [-0.05, 0) is 13.3 Å². The van der Waals surface area contributed by atoms with Gasteiger partial charge in [0.1, 0.15) is 0 Å². The molecule has 1 aromatic heterocycles. The number of carbonyl (C=O) groups excluding carboxylic acids is 1. The van der Waals surface area contributed by atoms with E-state index in [1.165, 1.54) is 6.92 Å². The molecule has 2 N–H and O–H groups in total. The Hall–Kier alpha value is -2.38. The number of esters is 1. The van der Waals surface area contributed by atoms with E-state index < -0.39 is 29.3 Å². The SMILES string of the molecule is C=C(C)C(=O)OC(CCCCC)n1c(=O)[nH]c(=O)[nH]c1=O. The molecule has 8 heteroatoms. The summed E-state index contributed by atoms with van der Waals surface area (Å²) < 4.78 is 5.82. The van der Waals surface area contributed by atoms with Crippen LogP contribution in [0.1, 0.15) is 45.8 Å². The van der Waals surface area contributed by atoms with Crippen molar-refractivity contribution in [3.8, 4) is 0 Å². The molecular formula is C13H19N3O5. The highest BCUT2D eigenvalue weighted by Crippen LogP contribution is 2.15. The largest absolute Gasteiger partial charge is 0.438 e. The summed E-state index contributed by atoms with van der Waals surface area (Å²) in [6.07, 6.45) is 1.67. The zero-order valence-electron chi connectivity index (χ0n) is 12.1. The summed E-state index contributed by atoms with van der Waals surface area (Å²) in [5.74, 6) is -0.700. The van der Waals surface area contributed by atoms with Gasteiger partial charge in [-0.15, -0.1) is 0 Å². The molecule has 1 rings (SSSR count). The van der Waals surface area contributed by atoms with Gasteiger partial charge in [-0.2, -0.15) is 0 Å². The molecule has 0 radical (unpaired) electrons. The fourth-order valence-corrected chi connectivity index (χ4v) is 1.73. The minimum atomic E-state index is -1.08. The summed E-state index contributed by atoms with van der Waals surface area (Å²) in [4.78, 5) is 50.0. The molecule has 1 aromatic rings. The zero-order valence-corrected chi connectivity index (χ0v) is 12.1. The summed E-state index contributed by atoms with van der Waals surface area (Å²) in [6, 6.07) is 0. The van der Waals surface area contributed by atoms with Gasteiger partial charge in [-0.3, -0.25) is 9.97 Å². The third kappa shape index (κ3) is 4.59. The molecule has 8 nitrogen and oxygen atoms in total. The molecule has 0 saturated heterocycles. The van der Waals surface area contributed by atoms with Crippen molar-refractivity contribution < 1.29 is 9.53 Å². The number of ether oxygens (including phenoxy) is 1. The quantitative estimate of drug-likeness (QED) is 0.430. The van der Waals surface area contributed by atoms with Gasteiger partial charge in [0.2, 0.25) is 0 Å². The van der Waals surface area contributed by atoms with Crippen LogP contribution in [0.15, 0.2) is 26.5 Å². The molecule has 116 valence electrons. The molecule has 1 unspecified atom stereocenters. The lowest BCUT2D eigenvalue weighted by Crippen LogP contribution is -2.46. The molecule has 21 heavy (non-hydrogen) atoms. The number of aromatic amines is 2. The molecule has 0 bridgehead atoms. The van der Waals surface area contributed by atoms with Crippen molar-refractivity contribution in [2.45, 2.75) is 45.8 Å². The minimum absolute atomic E-state index is 0.157. The third-order valence-corrected chi connectivity index (χ3v) is 2.81. The predicted molar refractivity (Wildman–Crippen MR) is 76.0 cm³/mol. The summed E-state index contributed by atoms with van der Waals surface area (Å²) in [7, 11) is 0. The van der Waals surface area contributed by atoms with Crippen molar-refractivity contribution in [3.05, 3.63) is 43.6 Å². The first-order chi connectivity index (χ1) is 9.86. The highest BCUT2D eigenvalue weighted by molar-refractivity contribution is 5.86. The topological polar surface area (TPSA) is 114 Å². The van der Waals surface area contributed by atoms with Crippen molar-refractivity contribution in [1.82, 2.24) is 14.5 Å². The van der Waals surface area contributed by atoms with Crippen LogP contribution in [0.2, 0.25) is 0 Å². The lowest BCUT2D eigenvalue weighted by molar-refractivity contribution is -0.150. The van der Waals surface area contributed by atoms with E-state index in [2.05, 4.69) is 6.58 Å². The Kier molecular flexibility index (Phi) is 5.89. The van der Waals surface area contributed by atoms with Gasteiger partial charge in [-0.1, -0.05) is 26.3 Å². The van der Waals surface area contributed by atoms with Crippen LogP contribution in [0.3, 0.4) is 0 Å². The van der Waals surface area contributed by atoms with E-state index >= 15 is 0 Å². The van der Waals surface area contributed by atoms with E-state index in [0.717, 1.165) is 12.8 Å². The van der Waals surface area contributed by atoms with Gasteiger partial charge in [0.25, 0.3) is 0 Å². The van der Waals surface area contributed by atoms with Crippen LogP contribution in [0, 0.1) is 0 Å². The van der Waals surface area contributed by atoms with Crippen molar-refractivity contribution in [3.63, 3.8) is 0 Å². The molecule has 1 atom stereocenters. The van der Waals surface area contributed by atoms with E-state index in [-0.39, 0.29) is 5.57 Å². The van der Waals surface area contributed by atoms with Crippen molar-refractivity contribution in [1.29, 1.82) is 0 Å². The van der Waals surface area contributed by atoms with E-state index in [4.69, 9.17) is 4.74 Å². The van der Waals surface area contributed by atoms with Gasteiger partial charge in [-0.25, -0.2) is 23.7 Å². The fourth-order valence-electron chi connectivity index (χ4n) is 1.73. The monoisotopic (exact) mass is 297 g/mol. The zero-order chi connectivity index (χ0) is 16.0. The first kappa shape index (κ1) is 16.7. The number of hydrogen-bond acceptors (Lipinski definition) is 5. The molecule has 0 aliphatic carbocycles. The Morgan fingerprint density at radius 2 is 1.81 bits per heavy atom. The summed E-state index contributed by atoms with van der Waals surface area (Å²) in [6.45, 7) is 6.91. The number of hydrogen-bond donors (Lipinski definition) is 2. The number of H-pyrrole nitrogens is 2. The lowest BCUT2D eigenvalue weighted by atomic mass is 10.2. The third-order valence-electron chi connectivity index (χ3n) is 2.81. The van der Waals surface area contributed by atoms with Crippen LogP contribution in [0.4, 0.5) is 0 Å². The Bertz CT molecular complexity index is 648. The van der Waals surface area contributed by atoms with Crippen LogP contribution in [-0.4, -0.2) is 20.5 Å². The molecular weight excluding hydrogens is 278 g/mol. The molecule has 0 fully saturated rings. The Balaban J connectivity index is 3.14. The number of rotatable bonds is 7. The standard InChI is InChI=1S/C13H19N3O5/c1-4-5-6-7-9(21-10(17)8(2)3)16-12(19)14-11(18)15-13(16)20/h9H,2,4-7H2,1,3H3,(H2,14,15,18,19,20). The number of unbranched alkanes of at least 4 members (excludes halogenated alkanes) is 2. The van der Waals surface area contributed by atoms with Crippen LogP contribution >= 0.6 is 0 Å². The van der Waals surface area contributed by atoms with Gasteiger partial charge in [0, 0.05) is 12.0 Å². The highest BCUT2D eigenvalue weighted by Gasteiger charge is 2.20.